The van der Waals surface area contributed by atoms with Crippen molar-refractivity contribution in [3.05, 3.63) is 29.3 Å². The molecule has 0 heterocycles. The van der Waals surface area contributed by atoms with Gasteiger partial charge in [-0.2, -0.15) is 0 Å². The Kier molecular flexibility index (Phi) is 9.18. The lowest BCUT2D eigenvalue weighted by atomic mass is 9.85. The summed E-state index contributed by atoms with van der Waals surface area (Å²) in [6.45, 7) is 4.99. The number of aryl methyl sites for hydroxylation is 1. The highest BCUT2D eigenvalue weighted by Crippen LogP contribution is 2.31. The minimum Gasteiger partial charge on any atom is -0.508 e. The molecule has 0 aliphatic rings. The Morgan fingerprint density at radius 2 is 1.69 bits per heavy atom. The van der Waals surface area contributed by atoms with Crippen molar-refractivity contribution in [2.45, 2.75) is 69.9 Å². The second-order valence-electron chi connectivity index (χ2n) is 7.92. The lowest BCUT2D eigenvalue weighted by Gasteiger charge is -2.24. The van der Waals surface area contributed by atoms with E-state index in [0.29, 0.717) is 12.8 Å². The van der Waals surface area contributed by atoms with Crippen LogP contribution in [0, 0.1) is 0 Å². The Hall–Kier alpha value is -2.04. The number of hydrogen-bond donors (Lipinski definition) is 6. The molecule has 9 nitrogen and oxygen atoms in total. The summed E-state index contributed by atoms with van der Waals surface area (Å²) in [5.74, 6) is -2.20. The van der Waals surface area contributed by atoms with Gasteiger partial charge in [0, 0.05) is 6.42 Å². The van der Waals surface area contributed by atoms with Crippen LogP contribution in [0.2, 0.25) is 0 Å². The number of rotatable bonds is 9. The molecule has 1 aromatic carbocycles. The number of esters is 2. The Labute approximate surface area is 169 Å². The zero-order valence-corrected chi connectivity index (χ0v) is 16.8. The van der Waals surface area contributed by atoms with Gasteiger partial charge in [0.05, 0.1) is 6.61 Å². The molecule has 6 N–H and O–H groups in total. The molecule has 29 heavy (non-hydrogen) atoms. The zero-order chi connectivity index (χ0) is 22.4. The standard InChI is InChI=1S/C20H30O9/c1-20(2,3)12-9-11(7-8-13(12)22)5-4-6-15(24)29-19(28)18(27)17(26)16(25)14(23)10-21/h7-9,14,16-18,21-23,25-27H,4-6,10H2,1-3H3/t14-,16-,17+,18-/m1/s1. The quantitative estimate of drug-likeness (QED) is 0.231. The molecular weight excluding hydrogens is 384 g/mol. The number of carbonyl (C=O) groups is 2. The Morgan fingerprint density at radius 1 is 1.07 bits per heavy atom. The number of benzene rings is 1. The molecule has 0 saturated carbocycles. The molecule has 4 atom stereocenters. The van der Waals surface area contributed by atoms with E-state index in [2.05, 4.69) is 4.74 Å². The molecule has 0 aliphatic carbocycles. The number of aliphatic hydroxyl groups excluding tert-OH is 5. The van der Waals surface area contributed by atoms with Gasteiger partial charge in [-0.1, -0.05) is 32.9 Å². The molecule has 0 amide bonds. The number of aromatic hydroxyl groups is 1. The van der Waals surface area contributed by atoms with Crippen LogP contribution >= 0.6 is 0 Å². The van der Waals surface area contributed by atoms with E-state index in [-0.39, 0.29) is 17.6 Å². The SMILES string of the molecule is CC(C)(C)c1cc(CCCC(=O)OC(=O)[C@H](O)[C@@H](O)[C@H](O)[C@H](O)CO)ccc1O. The molecule has 1 aromatic rings. The average Bonchev–Trinajstić information content (AvgIpc) is 2.65. The Balaban J connectivity index is 2.54. The topological polar surface area (TPSA) is 165 Å². The van der Waals surface area contributed by atoms with Crippen LogP contribution in [0.5, 0.6) is 5.75 Å². The molecule has 9 heteroatoms. The minimum absolute atomic E-state index is 0.137. The molecule has 0 spiro atoms. The molecule has 1 rings (SSSR count). The normalized spacial score (nSPS) is 16.0. The van der Waals surface area contributed by atoms with Crippen molar-refractivity contribution in [1.82, 2.24) is 0 Å². The van der Waals surface area contributed by atoms with Crippen LogP contribution in [0.1, 0.15) is 44.7 Å². The predicted molar refractivity (Wildman–Crippen MR) is 102 cm³/mol. The first kappa shape index (κ1) is 25.0. The van der Waals surface area contributed by atoms with E-state index in [1.807, 2.05) is 26.8 Å². The van der Waals surface area contributed by atoms with Crippen molar-refractivity contribution in [1.29, 1.82) is 0 Å². The van der Waals surface area contributed by atoms with E-state index in [0.717, 1.165) is 11.1 Å². The highest BCUT2D eigenvalue weighted by atomic mass is 16.6. The van der Waals surface area contributed by atoms with Crippen LogP contribution in [0.25, 0.3) is 0 Å². The van der Waals surface area contributed by atoms with Gasteiger partial charge in [-0.3, -0.25) is 4.79 Å². The van der Waals surface area contributed by atoms with Crippen LogP contribution in [-0.4, -0.2) is 73.6 Å². The number of phenolic OH excluding ortho intramolecular Hbond substituents is 1. The molecule has 0 saturated heterocycles. The molecule has 0 unspecified atom stereocenters. The molecule has 0 bridgehead atoms. The van der Waals surface area contributed by atoms with Crippen LogP contribution in [-0.2, 0) is 26.2 Å². The zero-order valence-electron chi connectivity index (χ0n) is 16.8. The second-order valence-corrected chi connectivity index (χ2v) is 7.92. The smallest absolute Gasteiger partial charge is 0.345 e. The second kappa shape index (κ2) is 10.7. The molecule has 0 fully saturated rings. The summed E-state index contributed by atoms with van der Waals surface area (Å²) < 4.78 is 4.45. The summed E-state index contributed by atoms with van der Waals surface area (Å²) in [4.78, 5) is 23.5. The van der Waals surface area contributed by atoms with E-state index in [1.54, 1.807) is 12.1 Å². The predicted octanol–water partition coefficient (Wildman–Crippen LogP) is -0.482. The van der Waals surface area contributed by atoms with E-state index < -0.39 is 43.0 Å². The molecule has 164 valence electrons. The Bertz CT molecular complexity index is 696. The fourth-order valence-electron chi connectivity index (χ4n) is 2.66. The van der Waals surface area contributed by atoms with Gasteiger partial charge in [0.25, 0.3) is 0 Å². The fraction of sp³-hybridized carbons (Fsp3) is 0.600. The van der Waals surface area contributed by atoms with Gasteiger partial charge in [-0.25, -0.2) is 4.79 Å². The largest absolute Gasteiger partial charge is 0.508 e. The first-order chi connectivity index (χ1) is 13.4. The first-order valence-electron chi connectivity index (χ1n) is 9.28. The van der Waals surface area contributed by atoms with E-state index >= 15 is 0 Å². The summed E-state index contributed by atoms with van der Waals surface area (Å²) in [5.41, 5.74) is 1.41. The molecule has 0 radical (unpaired) electrons. The molecular formula is C20H30O9. The van der Waals surface area contributed by atoms with Gasteiger partial charge in [0.1, 0.15) is 24.1 Å². The van der Waals surface area contributed by atoms with Crippen LogP contribution in [0.3, 0.4) is 0 Å². The number of ether oxygens (including phenoxy) is 1. The maximum atomic E-state index is 11.8. The molecule has 0 aromatic heterocycles. The van der Waals surface area contributed by atoms with Gasteiger partial charge < -0.3 is 35.4 Å². The van der Waals surface area contributed by atoms with E-state index in [4.69, 9.17) is 5.11 Å². The van der Waals surface area contributed by atoms with Crippen molar-refractivity contribution >= 4 is 11.9 Å². The fourth-order valence-corrected chi connectivity index (χ4v) is 2.66. The third-order valence-electron chi connectivity index (χ3n) is 4.43. The first-order valence-corrected chi connectivity index (χ1v) is 9.28. The number of phenols is 1. The minimum atomic E-state index is -2.26. The summed E-state index contributed by atoms with van der Waals surface area (Å²) in [6.07, 6.45) is -7.48. The molecule has 0 aliphatic heterocycles. The van der Waals surface area contributed by atoms with E-state index in [1.165, 1.54) is 0 Å². The van der Waals surface area contributed by atoms with Gasteiger partial charge in [0.2, 0.25) is 0 Å². The maximum absolute atomic E-state index is 11.8. The summed E-state index contributed by atoms with van der Waals surface area (Å²) in [5, 5.41) is 56.6. The lowest BCUT2D eigenvalue weighted by Crippen LogP contribution is -2.49. The van der Waals surface area contributed by atoms with Gasteiger partial charge in [-0.05, 0) is 35.4 Å². The van der Waals surface area contributed by atoms with Crippen molar-refractivity contribution in [3.63, 3.8) is 0 Å². The highest BCUT2D eigenvalue weighted by Gasteiger charge is 2.36. The highest BCUT2D eigenvalue weighted by molar-refractivity contribution is 5.88. The summed E-state index contributed by atoms with van der Waals surface area (Å²) in [7, 11) is 0. The number of carbonyl (C=O) groups excluding carboxylic acids is 2. The van der Waals surface area contributed by atoms with Gasteiger partial charge in [0.15, 0.2) is 6.10 Å². The summed E-state index contributed by atoms with van der Waals surface area (Å²) in [6, 6.07) is 5.16. The third kappa shape index (κ3) is 7.37. The van der Waals surface area contributed by atoms with Crippen molar-refractivity contribution in [2.24, 2.45) is 0 Å². The number of aliphatic hydroxyl groups is 5. The lowest BCUT2D eigenvalue weighted by molar-refractivity contribution is -0.176. The van der Waals surface area contributed by atoms with Crippen molar-refractivity contribution < 1.29 is 45.0 Å². The Morgan fingerprint density at radius 3 is 2.24 bits per heavy atom. The van der Waals surface area contributed by atoms with Crippen molar-refractivity contribution in [2.75, 3.05) is 6.61 Å². The number of hydrogen-bond acceptors (Lipinski definition) is 9. The average molecular weight is 414 g/mol. The monoisotopic (exact) mass is 414 g/mol. The summed E-state index contributed by atoms with van der Waals surface area (Å²) >= 11 is 0. The third-order valence-corrected chi connectivity index (χ3v) is 4.43. The van der Waals surface area contributed by atoms with Gasteiger partial charge in [-0.15, -0.1) is 0 Å². The van der Waals surface area contributed by atoms with Crippen LogP contribution in [0.15, 0.2) is 18.2 Å². The van der Waals surface area contributed by atoms with Crippen LogP contribution in [0.4, 0.5) is 0 Å². The van der Waals surface area contributed by atoms with Crippen molar-refractivity contribution in [3.8, 4) is 5.75 Å². The van der Waals surface area contributed by atoms with Crippen LogP contribution < -0.4 is 0 Å². The van der Waals surface area contributed by atoms with E-state index in [9.17, 15) is 35.1 Å². The maximum Gasteiger partial charge on any atom is 0.345 e. The van der Waals surface area contributed by atoms with Gasteiger partial charge >= 0.3 is 11.9 Å².